The zero-order valence-corrected chi connectivity index (χ0v) is 13.7. The van der Waals surface area contributed by atoms with E-state index in [0.29, 0.717) is 13.0 Å². The van der Waals surface area contributed by atoms with E-state index in [1.165, 1.54) is 16.8 Å². The lowest BCUT2D eigenvalue weighted by Gasteiger charge is -2.32. The molecule has 5 heteroatoms. The van der Waals surface area contributed by atoms with Gasteiger partial charge in [-0.2, -0.15) is 0 Å². The fraction of sp³-hybridized carbons (Fsp3) is 0.588. The molecule has 22 heavy (non-hydrogen) atoms. The van der Waals surface area contributed by atoms with Gasteiger partial charge in [0.2, 0.25) is 0 Å². The number of hydrogen-bond acceptors (Lipinski definition) is 5. The summed E-state index contributed by atoms with van der Waals surface area (Å²) in [5, 5.41) is 0. The molecule has 1 aromatic rings. The minimum atomic E-state index is -0.604. The number of carbonyl (C=O) groups excluding carboxylic acids is 1. The summed E-state index contributed by atoms with van der Waals surface area (Å²) in [5.74, 6) is -0.338. The van der Waals surface area contributed by atoms with Gasteiger partial charge in [-0.05, 0) is 43.9 Å². The van der Waals surface area contributed by atoms with Crippen LogP contribution in [-0.4, -0.2) is 44.9 Å². The van der Waals surface area contributed by atoms with Crippen LogP contribution in [-0.2, 0) is 20.7 Å². The summed E-state index contributed by atoms with van der Waals surface area (Å²) in [6, 6.07) is 3.64. The number of nitrogens with two attached hydrogens (primary N) is 1. The molecule has 1 unspecified atom stereocenters. The Morgan fingerprint density at radius 3 is 2.45 bits per heavy atom. The SMILES string of the molecule is CCOC(=O)C(N)Cc1cc(C)c(N2CCOCC2)c(C)c1. The highest BCUT2D eigenvalue weighted by Gasteiger charge is 2.19. The predicted molar refractivity (Wildman–Crippen MR) is 87.3 cm³/mol. The Hall–Kier alpha value is -1.59. The van der Waals surface area contributed by atoms with E-state index in [4.69, 9.17) is 15.2 Å². The zero-order valence-electron chi connectivity index (χ0n) is 13.7. The molecule has 0 radical (unpaired) electrons. The minimum absolute atomic E-state index is 0.338. The second-order valence-corrected chi connectivity index (χ2v) is 5.74. The van der Waals surface area contributed by atoms with E-state index >= 15 is 0 Å². The van der Waals surface area contributed by atoms with Crippen LogP contribution in [0.5, 0.6) is 0 Å². The molecule has 1 aliphatic heterocycles. The van der Waals surface area contributed by atoms with Gasteiger partial charge in [0.25, 0.3) is 0 Å². The van der Waals surface area contributed by atoms with Crippen LogP contribution in [0.4, 0.5) is 5.69 Å². The van der Waals surface area contributed by atoms with Gasteiger partial charge < -0.3 is 20.1 Å². The summed E-state index contributed by atoms with van der Waals surface area (Å²) >= 11 is 0. The highest BCUT2D eigenvalue weighted by molar-refractivity contribution is 5.76. The molecule has 0 aromatic heterocycles. The minimum Gasteiger partial charge on any atom is -0.465 e. The molecule has 1 saturated heterocycles. The maximum Gasteiger partial charge on any atom is 0.323 e. The lowest BCUT2D eigenvalue weighted by molar-refractivity contribution is -0.144. The van der Waals surface area contributed by atoms with E-state index in [1.54, 1.807) is 6.92 Å². The van der Waals surface area contributed by atoms with Crippen LogP contribution < -0.4 is 10.6 Å². The maximum absolute atomic E-state index is 11.7. The highest BCUT2D eigenvalue weighted by Crippen LogP contribution is 2.27. The third-order valence-corrected chi connectivity index (χ3v) is 3.92. The number of nitrogens with zero attached hydrogens (tertiary/aromatic N) is 1. The van der Waals surface area contributed by atoms with Crippen LogP contribution in [0.1, 0.15) is 23.6 Å². The predicted octanol–water partition coefficient (Wildman–Crippen LogP) is 1.57. The molecule has 1 atom stereocenters. The number of aryl methyl sites for hydroxylation is 2. The van der Waals surface area contributed by atoms with Gasteiger partial charge in [-0.3, -0.25) is 4.79 Å². The summed E-state index contributed by atoms with van der Waals surface area (Å²) in [5.41, 5.74) is 10.7. The van der Waals surface area contributed by atoms with E-state index in [2.05, 4.69) is 30.9 Å². The fourth-order valence-electron chi connectivity index (χ4n) is 3.04. The molecule has 1 aromatic carbocycles. The van der Waals surface area contributed by atoms with Gasteiger partial charge in [0.05, 0.1) is 19.8 Å². The standard InChI is InChI=1S/C17H26N2O3/c1-4-22-17(20)15(18)11-14-9-12(2)16(13(3)10-14)19-5-7-21-8-6-19/h9-10,15H,4-8,11,18H2,1-3H3. The first-order valence-electron chi connectivity index (χ1n) is 7.88. The summed E-state index contributed by atoms with van der Waals surface area (Å²) < 4.78 is 10.4. The Balaban J connectivity index is 2.13. The van der Waals surface area contributed by atoms with E-state index in [1.807, 2.05) is 0 Å². The van der Waals surface area contributed by atoms with Gasteiger partial charge in [0.15, 0.2) is 0 Å². The zero-order chi connectivity index (χ0) is 16.1. The molecular weight excluding hydrogens is 280 g/mol. The summed E-state index contributed by atoms with van der Waals surface area (Å²) in [6.45, 7) is 9.75. The number of hydrogen-bond donors (Lipinski definition) is 1. The monoisotopic (exact) mass is 306 g/mol. The number of benzene rings is 1. The molecule has 5 nitrogen and oxygen atoms in total. The van der Waals surface area contributed by atoms with Gasteiger partial charge >= 0.3 is 5.97 Å². The molecule has 1 aliphatic rings. The van der Waals surface area contributed by atoms with Crippen molar-refractivity contribution in [2.45, 2.75) is 33.2 Å². The van der Waals surface area contributed by atoms with E-state index in [9.17, 15) is 4.79 Å². The molecule has 0 aliphatic carbocycles. The molecule has 0 spiro atoms. The van der Waals surface area contributed by atoms with Crippen LogP contribution >= 0.6 is 0 Å². The smallest absolute Gasteiger partial charge is 0.323 e. The summed E-state index contributed by atoms with van der Waals surface area (Å²) in [4.78, 5) is 14.0. The van der Waals surface area contributed by atoms with E-state index in [-0.39, 0.29) is 5.97 Å². The van der Waals surface area contributed by atoms with Crippen molar-refractivity contribution in [1.82, 2.24) is 0 Å². The number of esters is 1. The molecule has 1 heterocycles. The second kappa shape index (κ2) is 7.61. The van der Waals surface area contributed by atoms with Gasteiger partial charge in [-0.25, -0.2) is 0 Å². The quantitative estimate of drug-likeness (QED) is 0.837. The first-order valence-corrected chi connectivity index (χ1v) is 7.88. The van der Waals surface area contributed by atoms with Crippen LogP contribution in [0.2, 0.25) is 0 Å². The molecule has 1 fully saturated rings. The van der Waals surface area contributed by atoms with Crippen LogP contribution in [0.15, 0.2) is 12.1 Å². The molecular formula is C17H26N2O3. The van der Waals surface area contributed by atoms with Gasteiger partial charge in [-0.1, -0.05) is 12.1 Å². The van der Waals surface area contributed by atoms with Crippen molar-refractivity contribution in [3.63, 3.8) is 0 Å². The largest absolute Gasteiger partial charge is 0.465 e. The number of carbonyl (C=O) groups is 1. The Kier molecular flexibility index (Phi) is 5.80. The topological polar surface area (TPSA) is 64.8 Å². The van der Waals surface area contributed by atoms with Gasteiger partial charge in [-0.15, -0.1) is 0 Å². The fourth-order valence-corrected chi connectivity index (χ4v) is 3.04. The van der Waals surface area contributed by atoms with Crippen LogP contribution in [0, 0.1) is 13.8 Å². The van der Waals surface area contributed by atoms with E-state index < -0.39 is 6.04 Å². The summed E-state index contributed by atoms with van der Waals surface area (Å²) in [6.07, 6.45) is 0.504. The molecule has 2 N–H and O–H groups in total. The normalized spacial score (nSPS) is 16.5. The third kappa shape index (κ3) is 3.99. The number of morpholine rings is 1. The second-order valence-electron chi connectivity index (χ2n) is 5.74. The molecule has 0 bridgehead atoms. The number of rotatable bonds is 5. The Morgan fingerprint density at radius 1 is 1.32 bits per heavy atom. The van der Waals surface area contributed by atoms with Crippen molar-refractivity contribution >= 4 is 11.7 Å². The maximum atomic E-state index is 11.7. The van der Waals surface area contributed by atoms with Crippen LogP contribution in [0.3, 0.4) is 0 Å². The van der Waals surface area contributed by atoms with Crippen molar-refractivity contribution in [3.05, 3.63) is 28.8 Å². The van der Waals surface area contributed by atoms with Crippen molar-refractivity contribution in [3.8, 4) is 0 Å². The average Bonchev–Trinajstić information content (AvgIpc) is 2.47. The number of anilines is 1. The lowest BCUT2D eigenvalue weighted by atomic mass is 9.98. The molecule has 2 rings (SSSR count). The molecule has 0 amide bonds. The Labute approximate surface area is 132 Å². The first kappa shape index (κ1) is 16.8. The third-order valence-electron chi connectivity index (χ3n) is 3.92. The van der Waals surface area contributed by atoms with Gasteiger partial charge in [0, 0.05) is 18.8 Å². The first-order chi connectivity index (χ1) is 10.5. The van der Waals surface area contributed by atoms with Crippen molar-refractivity contribution in [2.75, 3.05) is 37.8 Å². The lowest BCUT2D eigenvalue weighted by Crippen LogP contribution is -2.37. The average molecular weight is 306 g/mol. The van der Waals surface area contributed by atoms with Crippen molar-refractivity contribution < 1.29 is 14.3 Å². The van der Waals surface area contributed by atoms with Gasteiger partial charge in [0.1, 0.15) is 6.04 Å². The molecule has 0 saturated carbocycles. The molecule has 122 valence electrons. The summed E-state index contributed by atoms with van der Waals surface area (Å²) in [7, 11) is 0. The highest BCUT2D eigenvalue weighted by atomic mass is 16.5. The Morgan fingerprint density at radius 2 is 1.91 bits per heavy atom. The van der Waals surface area contributed by atoms with Crippen molar-refractivity contribution in [2.24, 2.45) is 5.73 Å². The van der Waals surface area contributed by atoms with Crippen LogP contribution in [0.25, 0.3) is 0 Å². The van der Waals surface area contributed by atoms with E-state index in [0.717, 1.165) is 31.9 Å². The van der Waals surface area contributed by atoms with Crippen molar-refractivity contribution in [1.29, 1.82) is 0 Å². The number of ether oxygens (including phenoxy) is 2. The Bertz CT molecular complexity index is 502.